The number of carbonyl (C=O) groups excluding carboxylic acids is 1. The second-order valence-electron chi connectivity index (χ2n) is 4.80. The van der Waals surface area contributed by atoms with Crippen LogP contribution in [0, 0.1) is 12.7 Å². The van der Waals surface area contributed by atoms with Crippen molar-refractivity contribution in [1.29, 1.82) is 0 Å². The molecule has 0 unspecified atom stereocenters. The summed E-state index contributed by atoms with van der Waals surface area (Å²) in [6.45, 7) is 1.72. The van der Waals surface area contributed by atoms with Gasteiger partial charge in [0, 0.05) is 11.8 Å². The predicted octanol–water partition coefficient (Wildman–Crippen LogP) is 3.55. The monoisotopic (exact) mass is 280 g/mol. The summed E-state index contributed by atoms with van der Waals surface area (Å²) in [5.41, 5.74) is 2.47. The molecule has 0 fully saturated rings. The Hall–Kier alpha value is -2.75. The van der Waals surface area contributed by atoms with Crippen LogP contribution < -0.4 is 0 Å². The molecule has 1 aromatic heterocycles. The third-order valence-corrected chi connectivity index (χ3v) is 3.30. The number of aromatic nitrogens is 2. The summed E-state index contributed by atoms with van der Waals surface area (Å²) >= 11 is 0. The zero-order chi connectivity index (χ0) is 14.8. The summed E-state index contributed by atoms with van der Waals surface area (Å²) in [6.07, 6.45) is 3.21. The van der Waals surface area contributed by atoms with E-state index < -0.39 is 0 Å². The third kappa shape index (κ3) is 2.60. The van der Waals surface area contributed by atoms with E-state index in [1.165, 1.54) is 24.4 Å². The van der Waals surface area contributed by atoms with Gasteiger partial charge in [-0.1, -0.05) is 18.2 Å². The van der Waals surface area contributed by atoms with Gasteiger partial charge in [0.25, 0.3) is 0 Å². The maximum Gasteiger partial charge on any atom is 0.196 e. The number of aryl methyl sites for hydroxylation is 1. The molecule has 0 bridgehead atoms. The number of para-hydroxylation sites is 1. The van der Waals surface area contributed by atoms with Gasteiger partial charge >= 0.3 is 0 Å². The fourth-order valence-corrected chi connectivity index (χ4v) is 2.20. The summed E-state index contributed by atoms with van der Waals surface area (Å²) in [5.74, 6) is -0.501. The van der Waals surface area contributed by atoms with Gasteiger partial charge in [-0.15, -0.1) is 0 Å². The highest BCUT2D eigenvalue weighted by Crippen LogP contribution is 2.16. The lowest BCUT2D eigenvalue weighted by molar-refractivity contribution is 0.103. The first-order valence-corrected chi connectivity index (χ1v) is 6.56. The molecule has 3 rings (SSSR count). The van der Waals surface area contributed by atoms with Crippen LogP contribution in [0.25, 0.3) is 5.69 Å². The molecule has 0 aliphatic rings. The molecular formula is C17H13FN2O. The van der Waals surface area contributed by atoms with Crippen molar-refractivity contribution in [2.24, 2.45) is 0 Å². The number of hydrogen-bond donors (Lipinski definition) is 0. The molecule has 1 heterocycles. The van der Waals surface area contributed by atoms with Crippen molar-refractivity contribution in [2.75, 3.05) is 0 Å². The molecule has 0 saturated carbocycles. The minimum atomic E-state index is -0.343. The van der Waals surface area contributed by atoms with Gasteiger partial charge in [-0.05, 0) is 42.8 Å². The Morgan fingerprint density at radius 3 is 2.62 bits per heavy atom. The van der Waals surface area contributed by atoms with E-state index in [0.717, 1.165) is 5.69 Å². The van der Waals surface area contributed by atoms with Gasteiger partial charge in [-0.2, -0.15) is 5.10 Å². The van der Waals surface area contributed by atoms with Crippen LogP contribution in [0.4, 0.5) is 4.39 Å². The van der Waals surface area contributed by atoms with Crippen molar-refractivity contribution >= 4 is 5.78 Å². The molecule has 2 aromatic carbocycles. The van der Waals surface area contributed by atoms with Gasteiger partial charge < -0.3 is 0 Å². The molecule has 0 aliphatic carbocycles. The van der Waals surface area contributed by atoms with Crippen molar-refractivity contribution in [3.63, 3.8) is 0 Å². The van der Waals surface area contributed by atoms with E-state index in [1.54, 1.807) is 17.8 Å². The molecule has 3 aromatic rings. The molecular weight excluding hydrogens is 267 g/mol. The zero-order valence-electron chi connectivity index (χ0n) is 11.5. The van der Waals surface area contributed by atoms with Crippen LogP contribution in [-0.2, 0) is 0 Å². The van der Waals surface area contributed by atoms with E-state index in [0.29, 0.717) is 16.7 Å². The Labute approximate surface area is 121 Å². The molecule has 0 N–H and O–H groups in total. The van der Waals surface area contributed by atoms with Crippen molar-refractivity contribution in [3.05, 3.63) is 83.4 Å². The number of hydrogen-bond acceptors (Lipinski definition) is 2. The van der Waals surface area contributed by atoms with E-state index in [1.807, 2.05) is 30.3 Å². The van der Waals surface area contributed by atoms with Gasteiger partial charge in [0.1, 0.15) is 5.82 Å². The van der Waals surface area contributed by atoms with Crippen LogP contribution >= 0.6 is 0 Å². The maximum absolute atomic E-state index is 13.1. The average Bonchev–Trinajstić information content (AvgIpc) is 2.97. The Bertz CT molecular complexity index is 794. The van der Waals surface area contributed by atoms with Crippen LogP contribution in [0.5, 0.6) is 0 Å². The first kappa shape index (κ1) is 13.2. The highest BCUT2D eigenvalue weighted by molar-refractivity contribution is 6.09. The molecule has 0 aliphatic heterocycles. The van der Waals surface area contributed by atoms with E-state index in [9.17, 15) is 9.18 Å². The first-order valence-electron chi connectivity index (χ1n) is 6.56. The highest BCUT2D eigenvalue weighted by Gasteiger charge is 2.14. The zero-order valence-corrected chi connectivity index (χ0v) is 11.5. The van der Waals surface area contributed by atoms with E-state index in [4.69, 9.17) is 0 Å². The van der Waals surface area contributed by atoms with Gasteiger partial charge in [0.2, 0.25) is 0 Å². The van der Waals surface area contributed by atoms with Gasteiger partial charge in [-0.3, -0.25) is 4.79 Å². The Balaban J connectivity index is 1.94. The second-order valence-corrected chi connectivity index (χ2v) is 4.80. The van der Waals surface area contributed by atoms with Gasteiger partial charge in [0.15, 0.2) is 5.78 Å². The fourth-order valence-electron chi connectivity index (χ4n) is 2.20. The normalized spacial score (nSPS) is 10.6. The molecule has 0 spiro atoms. The first-order chi connectivity index (χ1) is 10.1. The van der Waals surface area contributed by atoms with Crippen molar-refractivity contribution < 1.29 is 9.18 Å². The predicted molar refractivity (Wildman–Crippen MR) is 78.1 cm³/mol. The van der Waals surface area contributed by atoms with E-state index in [2.05, 4.69) is 5.10 Å². The Kier molecular flexibility index (Phi) is 3.36. The average molecular weight is 280 g/mol. The van der Waals surface area contributed by atoms with Crippen LogP contribution in [0.2, 0.25) is 0 Å². The molecule has 0 radical (unpaired) electrons. The van der Waals surface area contributed by atoms with Crippen LogP contribution in [-0.4, -0.2) is 15.6 Å². The number of carbonyl (C=O) groups is 1. The summed E-state index contributed by atoms with van der Waals surface area (Å²) in [5, 5.41) is 4.20. The molecule has 0 atom stereocenters. The van der Waals surface area contributed by atoms with E-state index >= 15 is 0 Å². The molecule has 4 heteroatoms. The van der Waals surface area contributed by atoms with Crippen LogP contribution in [0.1, 0.15) is 21.5 Å². The lowest BCUT2D eigenvalue weighted by Crippen LogP contribution is -2.03. The highest BCUT2D eigenvalue weighted by atomic mass is 19.1. The summed E-state index contributed by atoms with van der Waals surface area (Å²) in [4.78, 5) is 12.4. The fraction of sp³-hybridized carbons (Fsp3) is 0.0588. The number of halogens is 1. The lowest BCUT2D eigenvalue weighted by Gasteiger charge is -2.03. The van der Waals surface area contributed by atoms with Gasteiger partial charge in [0.05, 0.1) is 17.4 Å². The standard InChI is InChI=1S/C17H13FN2O/c1-12-9-14(18)7-8-16(12)17(21)13-10-19-20(11-13)15-5-3-2-4-6-15/h2-11H,1H3. The molecule has 104 valence electrons. The lowest BCUT2D eigenvalue weighted by atomic mass is 10.0. The number of rotatable bonds is 3. The second kappa shape index (κ2) is 5.32. The Morgan fingerprint density at radius 2 is 1.90 bits per heavy atom. The minimum Gasteiger partial charge on any atom is -0.288 e. The SMILES string of the molecule is Cc1cc(F)ccc1C(=O)c1cnn(-c2ccccc2)c1. The molecule has 3 nitrogen and oxygen atoms in total. The molecule has 0 saturated heterocycles. The third-order valence-electron chi connectivity index (χ3n) is 3.30. The van der Waals surface area contributed by atoms with Crippen LogP contribution in [0.15, 0.2) is 60.9 Å². The largest absolute Gasteiger partial charge is 0.288 e. The van der Waals surface area contributed by atoms with Crippen LogP contribution in [0.3, 0.4) is 0 Å². The Morgan fingerprint density at radius 1 is 1.14 bits per heavy atom. The number of benzene rings is 2. The van der Waals surface area contributed by atoms with Crippen molar-refractivity contribution in [3.8, 4) is 5.69 Å². The molecule has 0 amide bonds. The summed E-state index contributed by atoms with van der Waals surface area (Å²) in [6, 6.07) is 13.7. The van der Waals surface area contributed by atoms with E-state index in [-0.39, 0.29) is 11.6 Å². The summed E-state index contributed by atoms with van der Waals surface area (Å²) in [7, 11) is 0. The number of ketones is 1. The molecule has 21 heavy (non-hydrogen) atoms. The topological polar surface area (TPSA) is 34.9 Å². The van der Waals surface area contributed by atoms with Crippen molar-refractivity contribution in [1.82, 2.24) is 9.78 Å². The number of nitrogens with zero attached hydrogens (tertiary/aromatic N) is 2. The minimum absolute atomic E-state index is 0.158. The maximum atomic E-state index is 13.1. The van der Waals surface area contributed by atoms with Crippen molar-refractivity contribution in [2.45, 2.75) is 6.92 Å². The summed E-state index contributed by atoms with van der Waals surface area (Å²) < 4.78 is 14.8. The van der Waals surface area contributed by atoms with Gasteiger partial charge in [-0.25, -0.2) is 9.07 Å². The smallest absolute Gasteiger partial charge is 0.196 e. The quantitative estimate of drug-likeness (QED) is 0.688.